The maximum Gasteiger partial charge on any atom is 0.238 e. The molecule has 5 nitrogen and oxygen atoms in total. The van der Waals surface area contributed by atoms with E-state index in [4.69, 9.17) is 9.47 Å². The number of methoxy groups -OCH3 is 2. The first-order valence-electron chi connectivity index (χ1n) is 7.94. The van der Waals surface area contributed by atoms with Crippen LogP contribution in [-0.4, -0.2) is 26.0 Å². The number of carbonyl (C=O) groups is 2. The molecule has 4 atom stereocenters. The number of carbonyl (C=O) groups excluding carboxylic acids is 2. The normalized spacial score (nSPS) is 31.5. The van der Waals surface area contributed by atoms with Gasteiger partial charge in [-0.25, -0.2) is 4.90 Å². The summed E-state index contributed by atoms with van der Waals surface area (Å²) in [6.07, 6.45) is 6.25. The summed E-state index contributed by atoms with van der Waals surface area (Å²) in [6, 6.07) is 5.16. The van der Waals surface area contributed by atoms with Crippen LogP contribution in [0.2, 0.25) is 0 Å². The maximum absolute atomic E-state index is 12.9. The molecule has 0 aromatic heterocycles. The lowest BCUT2D eigenvalue weighted by Crippen LogP contribution is -2.38. The zero-order valence-electron chi connectivity index (χ0n) is 13.2. The van der Waals surface area contributed by atoms with E-state index in [0.717, 1.165) is 12.8 Å². The Hall–Kier alpha value is -2.30. The number of hydrogen-bond donors (Lipinski definition) is 0. The lowest BCUT2D eigenvalue weighted by atomic mass is 9.63. The van der Waals surface area contributed by atoms with Crippen LogP contribution in [0.3, 0.4) is 0 Å². The van der Waals surface area contributed by atoms with Crippen LogP contribution in [0.25, 0.3) is 0 Å². The molecule has 5 rings (SSSR count). The van der Waals surface area contributed by atoms with Gasteiger partial charge >= 0.3 is 0 Å². The van der Waals surface area contributed by atoms with Crippen molar-refractivity contribution in [2.75, 3.05) is 19.1 Å². The molecule has 1 heterocycles. The number of hydrogen-bond acceptors (Lipinski definition) is 4. The summed E-state index contributed by atoms with van der Waals surface area (Å²) in [5, 5.41) is 0. The predicted molar refractivity (Wildman–Crippen MR) is 84.4 cm³/mol. The van der Waals surface area contributed by atoms with Crippen molar-refractivity contribution in [2.24, 2.45) is 23.7 Å². The van der Waals surface area contributed by atoms with Gasteiger partial charge < -0.3 is 9.47 Å². The van der Waals surface area contributed by atoms with Gasteiger partial charge in [0.25, 0.3) is 0 Å². The van der Waals surface area contributed by atoms with E-state index < -0.39 is 0 Å². The number of nitrogens with zero attached hydrogens (tertiary/aromatic N) is 1. The van der Waals surface area contributed by atoms with Crippen molar-refractivity contribution in [1.82, 2.24) is 0 Å². The Morgan fingerprint density at radius 3 is 1.96 bits per heavy atom. The lowest BCUT2D eigenvalue weighted by Gasteiger charge is -2.38. The molecule has 1 aromatic rings. The molecule has 2 amide bonds. The fourth-order valence-electron chi connectivity index (χ4n) is 4.29. The number of amides is 2. The van der Waals surface area contributed by atoms with E-state index in [2.05, 4.69) is 12.2 Å². The molecule has 0 spiro atoms. The van der Waals surface area contributed by atoms with Gasteiger partial charge in [-0.2, -0.15) is 0 Å². The molecule has 1 aromatic carbocycles. The Labute approximate surface area is 134 Å². The number of imide groups is 1. The molecule has 0 N–H and O–H groups in total. The summed E-state index contributed by atoms with van der Waals surface area (Å²) in [6.45, 7) is 0. The first-order chi connectivity index (χ1) is 11.2. The van der Waals surface area contributed by atoms with Crippen molar-refractivity contribution in [3.05, 3.63) is 30.4 Å². The first-order valence-corrected chi connectivity index (χ1v) is 7.94. The topological polar surface area (TPSA) is 55.8 Å². The third-order valence-corrected chi connectivity index (χ3v) is 5.38. The van der Waals surface area contributed by atoms with Crippen LogP contribution < -0.4 is 14.4 Å². The zero-order chi connectivity index (χ0) is 16.1. The van der Waals surface area contributed by atoms with Gasteiger partial charge in [0.1, 0.15) is 0 Å². The molecule has 0 unspecified atom stereocenters. The second kappa shape index (κ2) is 5.11. The van der Waals surface area contributed by atoms with Gasteiger partial charge in [0.05, 0.1) is 31.7 Å². The molecule has 23 heavy (non-hydrogen) atoms. The molecule has 1 aliphatic heterocycles. The molecule has 1 saturated heterocycles. The van der Waals surface area contributed by atoms with Gasteiger partial charge in [0.15, 0.2) is 11.5 Å². The Kier molecular flexibility index (Phi) is 3.18. The Bertz CT molecular complexity index is 679. The highest BCUT2D eigenvalue weighted by Crippen LogP contribution is 2.50. The highest BCUT2D eigenvalue weighted by Gasteiger charge is 2.56. The minimum atomic E-state index is -0.195. The standard InChI is InChI=1S/C18H19NO4/c1-22-13-8-7-12(9-14(13)23-2)19-17(20)15-10-3-4-11(6-5-10)16(15)18(19)21/h3-4,7-11,15-16H,5-6H2,1-2H3/t10-,11-,15-,16+/m1/s1. The summed E-state index contributed by atoms with van der Waals surface area (Å²) in [7, 11) is 3.10. The predicted octanol–water partition coefficient (Wildman–Crippen LogP) is 2.41. The molecular weight excluding hydrogens is 294 g/mol. The highest BCUT2D eigenvalue weighted by molar-refractivity contribution is 6.22. The third-order valence-electron chi connectivity index (χ3n) is 5.38. The van der Waals surface area contributed by atoms with Crippen molar-refractivity contribution in [2.45, 2.75) is 12.8 Å². The van der Waals surface area contributed by atoms with Crippen LogP contribution in [0.5, 0.6) is 11.5 Å². The highest BCUT2D eigenvalue weighted by atomic mass is 16.5. The maximum atomic E-state index is 12.9. The second-order valence-corrected chi connectivity index (χ2v) is 6.39. The smallest absolute Gasteiger partial charge is 0.238 e. The van der Waals surface area contributed by atoms with Crippen molar-refractivity contribution < 1.29 is 19.1 Å². The summed E-state index contributed by atoms with van der Waals surface area (Å²) >= 11 is 0. The second-order valence-electron chi connectivity index (χ2n) is 6.39. The molecule has 3 aliphatic carbocycles. The van der Waals surface area contributed by atoms with E-state index in [0.29, 0.717) is 17.2 Å². The molecule has 2 fully saturated rings. The van der Waals surface area contributed by atoms with E-state index in [1.54, 1.807) is 32.4 Å². The minimum absolute atomic E-state index is 0.0775. The largest absolute Gasteiger partial charge is 0.493 e. The molecule has 0 radical (unpaired) electrons. The van der Waals surface area contributed by atoms with E-state index in [9.17, 15) is 9.59 Å². The quantitative estimate of drug-likeness (QED) is 0.635. The Morgan fingerprint density at radius 1 is 0.913 bits per heavy atom. The van der Waals surface area contributed by atoms with Crippen molar-refractivity contribution in [3.63, 3.8) is 0 Å². The molecule has 5 heteroatoms. The number of benzene rings is 1. The van der Waals surface area contributed by atoms with Crippen LogP contribution in [0.1, 0.15) is 12.8 Å². The molecular formula is C18H19NO4. The fraction of sp³-hybridized carbons (Fsp3) is 0.444. The summed E-state index contributed by atoms with van der Waals surface area (Å²) in [4.78, 5) is 27.1. The third kappa shape index (κ3) is 1.92. The van der Waals surface area contributed by atoms with Gasteiger partial charge in [0, 0.05) is 6.07 Å². The van der Waals surface area contributed by atoms with Crippen LogP contribution in [-0.2, 0) is 9.59 Å². The Morgan fingerprint density at radius 2 is 1.48 bits per heavy atom. The van der Waals surface area contributed by atoms with Gasteiger partial charge in [-0.15, -0.1) is 0 Å². The van der Waals surface area contributed by atoms with E-state index in [1.165, 1.54) is 4.90 Å². The fourth-order valence-corrected chi connectivity index (χ4v) is 4.29. The average Bonchev–Trinajstić information content (AvgIpc) is 2.88. The van der Waals surface area contributed by atoms with Gasteiger partial charge in [-0.1, -0.05) is 12.2 Å². The number of rotatable bonds is 3. The SMILES string of the molecule is COc1ccc(N2C(=O)[C@@H]3[C@H](C2=O)[C@@H]2C=C[C@@H]3CC2)cc1OC. The summed E-state index contributed by atoms with van der Waals surface area (Å²) in [5.41, 5.74) is 0.562. The molecule has 4 aliphatic rings. The average molecular weight is 313 g/mol. The number of allylic oxidation sites excluding steroid dienone is 2. The number of fused-ring (bicyclic) bond motifs is 1. The van der Waals surface area contributed by atoms with E-state index in [-0.39, 0.29) is 35.5 Å². The number of anilines is 1. The first kappa shape index (κ1) is 14.3. The van der Waals surface area contributed by atoms with Crippen LogP contribution in [0, 0.1) is 23.7 Å². The molecule has 120 valence electrons. The van der Waals surface area contributed by atoms with Crippen LogP contribution in [0.15, 0.2) is 30.4 Å². The van der Waals surface area contributed by atoms with Crippen molar-refractivity contribution in [3.8, 4) is 11.5 Å². The number of ether oxygens (including phenoxy) is 2. The van der Waals surface area contributed by atoms with Gasteiger partial charge in [-0.3, -0.25) is 9.59 Å². The van der Waals surface area contributed by atoms with Crippen LogP contribution in [0.4, 0.5) is 5.69 Å². The van der Waals surface area contributed by atoms with Gasteiger partial charge in [0.2, 0.25) is 11.8 Å². The van der Waals surface area contributed by atoms with Crippen molar-refractivity contribution in [1.29, 1.82) is 0 Å². The zero-order valence-corrected chi connectivity index (χ0v) is 13.2. The van der Waals surface area contributed by atoms with Gasteiger partial charge in [-0.05, 0) is 36.8 Å². The van der Waals surface area contributed by atoms with Crippen LogP contribution >= 0.6 is 0 Å². The van der Waals surface area contributed by atoms with E-state index in [1.807, 2.05) is 0 Å². The Balaban J connectivity index is 1.73. The molecule has 1 saturated carbocycles. The van der Waals surface area contributed by atoms with E-state index >= 15 is 0 Å². The minimum Gasteiger partial charge on any atom is -0.493 e. The summed E-state index contributed by atoms with van der Waals surface area (Å²) in [5.74, 6) is 0.950. The molecule has 2 bridgehead atoms. The lowest BCUT2D eigenvalue weighted by molar-refractivity contribution is -0.124. The monoisotopic (exact) mass is 313 g/mol. The summed E-state index contributed by atoms with van der Waals surface area (Å²) < 4.78 is 10.5. The van der Waals surface area contributed by atoms with Crippen molar-refractivity contribution >= 4 is 17.5 Å².